The minimum atomic E-state index is -0.0596. The van der Waals surface area contributed by atoms with Crippen molar-refractivity contribution in [3.8, 4) is 5.75 Å². The van der Waals surface area contributed by atoms with E-state index in [-0.39, 0.29) is 5.41 Å². The first kappa shape index (κ1) is 13.9. The lowest BCUT2D eigenvalue weighted by atomic mass is 9.72. The van der Waals surface area contributed by atoms with E-state index in [1.807, 2.05) is 0 Å². The number of ether oxygens (including phenoxy) is 1. The van der Waals surface area contributed by atoms with Crippen molar-refractivity contribution in [3.05, 3.63) is 63.3 Å². The molecule has 1 N–H and O–H groups in total. The third-order valence-corrected chi connectivity index (χ3v) is 5.52. The lowest BCUT2D eigenvalue weighted by molar-refractivity contribution is 0.412. The van der Waals surface area contributed by atoms with E-state index >= 15 is 0 Å². The van der Waals surface area contributed by atoms with Gasteiger partial charge in [-0.15, -0.1) is 0 Å². The Morgan fingerprint density at radius 3 is 2.77 bits per heavy atom. The van der Waals surface area contributed by atoms with Crippen LogP contribution in [0.1, 0.15) is 36.2 Å². The zero-order chi connectivity index (χ0) is 15.5. The van der Waals surface area contributed by atoms with Crippen LogP contribution in [0.15, 0.2) is 40.9 Å². The van der Waals surface area contributed by atoms with Gasteiger partial charge in [-0.1, -0.05) is 41.9 Å². The van der Waals surface area contributed by atoms with E-state index in [1.165, 1.54) is 33.3 Å². The fraction of sp³-hybridized carbons (Fsp3) is 0.263. The highest BCUT2D eigenvalue weighted by Crippen LogP contribution is 2.45. The summed E-state index contributed by atoms with van der Waals surface area (Å²) < 4.78 is 6.58. The number of rotatable bonds is 1. The van der Waals surface area contributed by atoms with Crippen molar-refractivity contribution < 1.29 is 4.74 Å². The summed E-state index contributed by atoms with van der Waals surface area (Å²) in [4.78, 5) is 3.65. The molecule has 0 radical (unpaired) electrons. The Kier molecular flexibility index (Phi) is 2.92. The highest BCUT2D eigenvalue weighted by atomic mass is 79.9. The van der Waals surface area contributed by atoms with Crippen LogP contribution in [0.2, 0.25) is 0 Å². The lowest BCUT2D eigenvalue weighted by Crippen LogP contribution is -2.27. The molecule has 0 atom stereocenters. The van der Waals surface area contributed by atoms with Crippen LogP contribution in [-0.2, 0) is 11.8 Å². The molecule has 0 saturated carbocycles. The summed E-state index contributed by atoms with van der Waals surface area (Å²) in [5.41, 5.74) is 6.60. The van der Waals surface area contributed by atoms with Crippen LogP contribution in [-0.4, -0.2) is 12.1 Å². The number of hydrogen-bond acceptors (Lipinski definition) is 1. The number of H-pyrrole nitrogens is 1. The van der Waals surface area contributed by atoms with Gasteiger partial charge in [-0.2, -0.15) is 0 Å². The summed E-state index contributed by atoms with van der Waals surface area (Å²) in [6, 6.07) is 12.8. The zero-order valence-corrected chi connectivity index (χ0v) is 14.5. The molecule has 1 heterocycles. The third kappa shape index (κ3) is 1.78. The maximum Gasteiger partial charge on any atom is 0.119 e. The van der Waals surface area contributed by atoms with Crippen molar-refractivity contribution in [2.24, 2.45) is 0 Å². The number of hydrogen-bond donors (Lipinski definition) is 1. The van der Waals surface area contributed by atoms with Crippen molar-refractivity contribution >= 4 is 26.8 Å². The Labute approximate surface area is 138 Å². The third-order valence-electron chi connectivity index (χ3n) is 4.86. The molecule has 112 valence electrons. The van der Waals surface area contributed by atoms with Crippen molar-refractivity contribution in [3.63, 3.8) is 0 Å². The molecule has 3 aromatic rings. The number of aromatic amines is 1. The standard InChI is InChI=1S/C19H18BrNO/c1-19(2)14-10-12(22-3)8-7-11(14)9-13-17-15(20)5-4-6-16(17)21-18(13)19/h4-8,10,21H,9H2,1-3H3. The molecular weight excluding hydrogens is 338 g/mol. The van der Waals surface area contributed by atoms with Gasteiger partial charge in [0, 0.05) is 32.9 Å². The van der Waals surface area contributed by atoms with Crippen LogP contribution in [0, 0.1) is 0 Å². The van der Waals surface area contributed by atoms with Gasteiger partial charge in [0.25, 0.3) is 0 Å². The Morgan fingerprint density at radius 2 is 2.00 bits per heavy atom. The summed E-state index contributed by atoms with van der Waals surface area (Å²) in [6.07, 6.45) is 0.959. The van der Waals surface area contributed by atoms with Gasteiger partial charge in [0.05, 0.1) is 7.11 Å². The first-order valence-corrected chi connectivity index (χ1v) is 8.28. The molecule has 0 unspecified atom stereocenters. The summed E-state index contributed by atoms with van der Waals surface area (Å²) in [5, 5.41) is 1.31. The number of methoxy groups -OCH3 is 1. The second-order valence-electron chi connectivity index (χ2n) is 6.47. The maximum absolute atomic E-state index is 5.42. The molecule has 4 rings (SSSR count). The van der Waals surface area contributed by atoms with Crippen LogP contribution in [0.3, 0.4) is 0 Å². The lowest BCUT2D eigenvalue weighted by Gasteiger charge is -2.33. The van der Waals surface area contributed by atoms with E-state index in [4.69, 9.17) is 4.74 Å². The van der Waals surface area contributed by atoms with Crippen molar-refractivity contribution in [2.75, 3.05) is 7.11 Å². The molecule has 0 amide bonds. The summed E-state index contributed by atoms with van der Waals surface area (Å²) in [6.45, 7) is 4.57. The topological polar surface area (TPSA) is 25.0 Å². The predicted octanol–water partition coefficient (Wildman–Crippen LogP) is 5.17. The first-order chi connectivity index (χ1) is 10.5. The van der Waals surface area contributed by atoms with Gasteiger partial charge < -0.3 is 9.72 Å². The van der Waals surface area contributed by atoms with E-state index in [0.717, 1.165) is 16.6 Å². The van der Waals surface area contributed by atoms with E-state index < -0.39 is 0 Å². The Bertz CT molecular complexity index is 892. The average molecular weight is 356 g/mol. The number of nitrogens with one attached hydrogen (secondary N) is 1. The molecule has 0 bridgehead atoms. The second-order valence-corrected chi connectivity index (χ2v) is 7.32. The van der Waals surface area contributed by atoms with Crippen LogP contribution >= 0.6 is 15.9 Å². The molecular formula is C19H18BrNO. The Morgan fingerprint density at radius 1 is 1.18 bits per heavy atom. The van der Waals surface area contributed by atoms with Gasteiger partial charge in [-0.05, 0) is 41.0 Å². The highest BCUT2D eigenvalue weighted by molar-refractivity contribution is 9.10. The van der Waals surface area contributed by atoms with E-state index in [2.05, 4.69) is 71.2 Å². The van der Waals surface area contributed by atoms with Crippen molar-refractivity contribution in [1.29, 1.82) is 0 Å². The molecule has 0 spiro atoms. The van der Waals surface area contributed by atoms with Crippen molar-refractivity contribution in [2.45, 2.75) is 25.7 Å². The molecule has 1 aromatic heterocycles. The normalized spacial score (nSPS) is 15.5. The predicted molar refractivity (Wildman–Crippen MR) is 93.9 cm³/mol. The molecule has 2 aromatic carbocycles. The largest absolute Gasteiger partial charge is 0.497 e. The smallest absolute Gasteiger partial charge is 0.119 e. The second kappa shape index (κ2) is 4.63. The fourth-order valence-corrected chi connectivity index (χ4v) is 4.33. The van der Waals surface area contributed by atoms with E-state index in [0.29, 0.717) is 0 Å². The molecule has 0 fully saturated rings. The number of aromatic nitrogens is 1. The van der Waals surface area contributed by atoms with E-state index in [9.17, 15) is 0 Å². The molecule has 0 saturated heterocycles. The van der Waals surface area contributed by atoms with Gasteiger partial charge >= 0.3 is 0 Å². The molecule has 0 aliphatic heterocycles. The van der Waals surface area contributed by atoms with Crippen LogP contribution in [0.5, 0.6) is 5.75 Å². The minimum Gasteiger partial charge on any atom is -0.497 e. The van der Waals surface area contributed by atoms with Gasteiger partial charge in [-0.3, -0.25) is 0 Å². The van der Waals surface area contributed by atoms with Crippen LogP contribution in [0.4, 0.5) is 0 Å². The van der Waals surface area contributed by atoms with Crippen molar-refractivity contribution in [1.82, 2.24) is 4.98 Å². The number of fused-ring (bicyclic) bond motifs is 4. The molecule has 1 aliphatic carbocycles. The summed E-state index contributed by atoms with van der Waals surface area (Å²) in [5.74, 6) is 0.924. The molecule has 1 aliphatic rings. The van der Waals surface area contributed by atoms with Gasteiger partial charge in [0.15, 0.2) is 0 Å². The first-order valence-electron chi connectivity index (χ1n) is 7.49. The van der Waals surface area contributed by atoms with Gasteiger partial charge in [-0.25, -0.2) is 0 Å². The summed E-state index contributed by atoms with van der Waals surface area (Å²) in [7, 11) is 1.73. The number of benzene rings is 2. The van der Waals surface area contributed by atoms with Crippen LogP contribution in [0.25, 0.3) is 10.9 Å². The fourth-order valence-electron chi connectivity index (χ4n) is 3.72. The monoisotopic (exact) mass is 355 g/mol. The molecule has 22 heavy (non-hydrogen) atoms. The quantitative estimate of drug-likeness (QED) is 0.639. The zero-order valence-electron chi connectivity index (χ0n) is 13.0. The van der Waals surface area contributed by atoms with E-state index in [1.54, 1.807) is 7.11 Å². The minimum absolute atomic E-state index is 0.0596. The average Bonchev–Trinajstić information content (AvgIpc) is 2.88. The molecule has 3 heteroatoms. The SMILES string of the molecule is COc1ccc2c(c1)C(C)(C)c1[nH]c3cccc(Br)c3c1C2. The summed E-state index contributed by atoms with van der Waals surface area (Å²) >= 11 is 3.72. The molecule has 2 nitrogen and oxygen atoms in total. The van der Waals surface area contributed by atoms with Gasteiger partial charge in [0.2, 0.25) is 0 Å². The van der Waals surface area contributed by atoms with Gasteiger partial charge in [0.1, 0.15) is 5.75 Å². The Balaban J connectivity index is 2.03. The van der Waals surface area contributed by atoms with Crippen LogP contribution < -0.4 is 4.74 Å². The Hall–Kier alpha value is -1.74. The number of halogens is 1. The maximum atomic E-state index is 5.42. The highest BCUT2D eigenvalue weighted by Gasteiger charge is 2.35.